The molecule has 5 nitrogen and oxygen atoms in total. The minimum Gasteiger partial charge on any atom is -0.358 e. The van der Waals surface area contributed by atoms with Crippen molar-refractivity contribution in [3.63, 3.8) is 0 Å². The van der Waals surface area contributed by atoms with E-state index in [2.05, 4.69) is 4.98 Å². The maximum absolute atomic E-state index is 12.3. The number of sulfonamides is 1. The summed E-state index contributed by atoms with van der Waals surface area (Å²) in [6, 6.07) is 4.93. The summed E-state index contributed by atoms with van der Waals surface area (Å²) in [5, 5.41) is 0.694. The Kier molecular flexibility index (Phi) is 3.82. The second-order valence-electron chi connectivity index (χ2n) is 6.05. The van der Waals surface area contributed by atoms with Crippen LogP contribution < -0.4 is 0 Å². The molecule has 0 amide bonds. The molecule has 1 aromatic heterocycles. The third-order valence-corrected chi connectivity index (χ3v) is 6.31. The van der Waals surface area contributed by atoms with Crippen molar-refractivity contribution in [1.29, 1.82) is 0 Å². The van der Waals surface area contributed by atoms with E-state index in [9.17, 15) is 13.2 Å². The van der Waals surface area contributed by atoms with Gasteiger partial charge in [0.05, 0.1) is 4.90 Å². The van der Waals surface area contributed by atoms with Crippen molar-refractivity contribution in [1.82, 2.24) is 9.29 Å². The smallest absolute Gasteiger partial charge is 0.242 e. The van der Waals surface area contributed by atoms with Crippen molar-refractivity contribution in [3.8, 4) is 0 Å². The molecule has 0 unspecified atom stereocenters. The van der Waals surface area contributed by atoms with E-state index in [1.165, 1.54) is 31.2 Å². The van der Waals surface area contributed by atoms with Gasteiger partial charge in [0.25, 0.3) is 0 Å². The van der Waals surface area contributed by atoms with E-state index in [0.29, 0.717) is 16.9 Å². The van der Waals surface area contributed by atoms with Crippen molar-refractivity contribution < 1.29 is 13.2 Å². The summed E-state index contributed by atoms with van der Waals surface area (Å²) in [6.45, 7) is 0. The highest BCUT2D eigenvalue weighted by atomic mass is 32.2. The highest BCUT2D eigenvalue weighted by Gasteiger charge is 2.24. The first-order chi connectivity index (χ1) is 10.4. The van der Waals surface area contributed by atoms with Crippen LogP contribution in [0.4, 0.5) is 0 Å². The molecule has 3 rings (SSSR count). The highest BCUT2D eigenvalue weighted by Crippen LogP contribution is 2.37. The molecule has 1 N–H and O–H groups in total. The van der Waals surface area contributed by atoms with Crippen molar-refractivity contribution in [2.75, 3.05) is 14.1 Å². The van der Waals surface area contributed by atoms with Crippen LogP contribution in [0.5, 0.6) is 0 Å². The summed E-state index contributed by atoms with van der Waals surface area (Å²) in [7, 11) is -0.497. The Morgan fingerprint density at radius 2 is 1.91 bits per heavy atom. The number of benzene rings is 1. The van der Waals surface area contributed by atoms with Gasteiger partial charge in [-0.05, 0) is 37.0 Å². The van der Waals surface area contributed by atoms with E-state index in [1.807, 2.05) is 0 Å². The van der Waals surface area contributed by atoms with Crippen molar-refractivity contribution >= 4 is 27.2 Å². The largest absolute Gasteiger partial charge is 0.358 e. The number of hydrogen-bond donors (Lipinski definition) is 1. The fraction of sp³-hybridized carbons (Fsp3) is 0.438. The molecule has 118 valence electrons. The van der Waals surface area contributed by atoms with E-state index in [4.69, 9.17) is 0 Å². The first-order valence-corrected chi connectivity index (χ1v) is 8.92. The van der Waals surface area contributed by atoms with Crippen LogP contribution in [0.3, 0.4) is 0 Å². The highest BCUT2D eigenvalue weighted by molar-refractivity contribution is 7.89. The van der Waals surface area contributed by atoms with Gasteiger partial charge in [0.2, 0.25) is 10.0 Å². The average molecular weight is 320 g/mol. The summed E-state index contributed by atoms with van der Waals surface area (Å²) >= 11 is 0. The molecule has 2 aromatic rings. The molecule has 1 aromatic carbocycles. The summed E-state index contributed by atoms with van der Waals surface area (Å²) in [5.41, 5.74) is 2.39. The fourth-order valence-electron chi connectivity index (χ4n) is 3.25. The second-order valence-corrected chi connectivity index (χ2v) is 8.20. The molecule has 1 aliphatic rings. The van der Waals surface area contributed by atoms with E-state index < -0.39 is 10.0 Å². The number of nitrogens with one attached hydrogen (secondary N) is 1. The van der Waals surface area contributed by atoms with Gasteiger partial charge in [0, 0.05) is 36.3 Å². The Labute approximate surface area is 130 Å². The Hall–Kier alpha value is -1.66. The molecule has 22 heavy (non-hydrogen) atoms. The molecule has 0 spiro atoms. The van der Waals surface area contributed by atoms with E-state index in [-0.39, 0.29) is 4.90 Å². The third kappa shape index (κ3) is 2.36. The van der Waals surface area contributed by atoms with E-state index >= 15 is 0 Å². The van der Waals surface area contributed by atoms with Crippen LogP contribution in [-0.2, 0) is 10.0 Å². The predicted octanol–water partition coefficient (Wildman–Crippen LogP) is 2.89. The molecular formula is C16H20N2O3S. The molecule has 0 radical (unpaired) electrons. The minimum atomic E-state index is -3.50. The average Bonchev–Trinajstić information content (AvgIpc) is 3.13. The summed E-state index contributed by atoms with van der Waals surface area (Å²) in [5.74, 6) is 0.376. The van der Waals surface area contributed by atoms with Gasteiger partial charge in [0.1, 0.15) is 0 Å². The Bertz CT molecular complexity index is 815. The maximum atomic E-state index is 12.3. The van der Waals surface area contributed by atoms with Crippen molar-refractivity contribution in [3.05, 3.63) is 29.5 Å². The number of rotatable bonds is 4. The van der Waals surface area contributed by atoms with Gasteiger partial charge in [-0.3, -0.25) is 4.79 Å². The molecule has 1 fully saturated rings. The number of carbonyl (C=O) groups is 1. The lowest BCUT2D eigenvalue weighted by Gasteiger charge is -2.11. The van der Waals surface area contributed by atoms with Gasteiger partial charge in [0.15, 0.2) is 6.29 Å². The number of aromatic nitrogens is 1. The molecule has 0 saturated heterocycles. The quantitative estimate of drug-likeness (QED) is 0.881. The molecule has 1 heterocycles. The van der Waals surface area contributed by atoms with Gasteiger partial charge in [-0.15, -0.1) is 0 Å². The van der Waals surface area contributed by atoms with Gasteiger partial charge < -0.3 is 4.98 Å². The minimum absolute atomic E-state index is 0.213. The predicted molar refractivity (Wildman–Crippen MR) is 85.8 cm³/mol. The van der Waals surface area contributed by atoms with E-state index in [1.54, 1.807) is 18.2 Å². The first kappa shape index (κ1) is 15.2. The Morgan fingerprint density at radius 3 is 2.50 bits per heavy atom. The lowest BCUT2D eigenvalue weighted by Crippen LogP contribution is -2.22. The van der Waals surface area contributed by atoms with Crippen LogP contribution in [-0.4, -0.2) is 38.1 Å². The van der Waals surface area contributed by atoms with Crippen molar-refractivity contribution in [2.24, 2.45) is 0 Å². The lowest BCUT2D eigenvalue weighted by molar-refractivity contribution is 0.112. The van der Waals surface area contributed by atoms with Crippen LogP contribution >= 0.6 is 0 Å². The molecule has 0 aliphatic heterocycles. The number of fused-ring (bicyclic) bond motifs is 1. The topological polar surface area (TPSA) is 70.2 Å². The summed E-state index contributed by atoms with van der Waals surface area (Å²) < 4.78 is 25.7. The number of aromatic amines is 1. The first-order valence-electron chi connectivity index (χ1n) is 7.48. The third-order valence-electron chi connectivity index (χ3n) is 4.50. The van der Waals surface area contributed by atoms with Gasteiger partial charge >= 0.3 is 0 Å². The maximum Gasteiger partial charge on any atom is 0.242 e. The molecule has 0 atom stereocenters. The SMILES string of the molecule is CN(C)S(=O)(=O)c1ccc2[nH]c(C3CCCC3)c(C=O)c2c1. The van der Waals surface area contributed by atoms with Crippen LogP contribution in [0.1, 0.15) is 47.7 Å². The summed E-state index contributed by atoms with van der Waals surface area (Å²) in [6.07, 6.45) is 5.36. The van der Waals surface area contributed by atoms with Gasteiger partial charge in [-0.25, -0.2) is 12.7 Å². The zero-order chi connectivity index (χ0) is 15.9. The Morgan fingerprint density at radius 1 is 1.23 bits per heavy atom. The van der Waals surface area contributed by atoms with Crippen LogP contribution in [0, 0.1) is 0 Å². The molecule has 0 bridgehead atoms. The zero-order valence-electron chi connectivity index (χ0n) is 12.8. The molecule has 6 heteroatoms. The standard InChI is InChI=1S/C16H20N2O3S/c1-18(2)22(20,21)12-7-8-15-13(9-12)14(10-19)16(17-15)11-5-3-4-6-11/h7-11,17H,3-6H2,1-2H3. The number of nitrogens with zero attached hydrogens (tertiary/aromatic N) is 1. The van der Waals surface area contributed by atoms with E-state index in [0.717, 1.165) is 30.3 Å². The van der Waals surface area contributed by atoms with Crippen molar-refractivity contribution in [2.45, 2.75) is 36.5 Å². The molecular weight excluding hydrogens is 300 g/mol. The van der Waals surface area contributed by atoms with Crippen LogP contribution in [0.25, 0.3) is 10.9 Å². The Balaban J connectivity index is 2.18. The number of aldehydes is 1. The lowest BCUT2D eigenvalue weighted by atomic mass is 9.99. The number of hydrogen-bond acceptors (Lipinski definition) is 3. The molecule has 1 saturated carbocycles. The molecule has 1 aliphatic carbocycles. The number of carbonyl (C=O) groups excluding carboxylic acids is 1. The fourth-order valence-corrected chi connectivity index (χ4v) is 4.18. The monoisotopic (exact) mass is 320 g/mol. The van der Waals surface area contributed by atoms with Gasteiger partial charge in [-0.2, -0.15) is 0 Å². The second kappa shape index (κ2) is 5.52. The normalized spacial score (nSPS) is 16.7. The zero-order valence-corrected chi connectivity index (χ0v) is 13.6. The summed E-state index contributed by atoms with van der Waals surface area (Å²) in [4.78, 5) is 15.1. The van der Waals surface area contributed by atoms with Crippen LogP contribution in [0.2, 0.25) is 0 Å². The van der Waals surface area contributed by atoms with Crippen LogP contribution in [0.15, 0.2) is 23.1 Å². The number of H-pyrrole nitrogens is 1. The van der Waals surface area contributed by atoms with Gasteiger partial charge in [-0.1, -0.05) is 12.8 Å².